The van der Waals surface area contributed by atoms with Gasteiger partial charge in [-0.05, 0) is 98.7 Å². The van der Waals surface area contributed by atoms with E-state index < -0.39 is 11.6 Å². The molecule has 0 atom stereocenters. The summed E-state index contributed by atoms with van der Waals surface area (Å²) in [5.74, 6) is 0.0370. The summed E-state index contributed by atoms with van der Waals surface area (Å²) in [4.78, 5) is 38.9. The van der Waals surface area contributed by atoms with Gasteiger partial charge in [0.25, 0.3) is 5.91 Å². The van der Waals surface area contributed by atoms with E-state index in [0.29, 0.717) is 35.3 Å². The highest BCUT2D eigenvalue weighted by molar-refractivity contribution is 7.22. The fourth-order valence-electron chi connectivity index (χ4n) is 5.92. The SMILES string of the molecule is CCCc1cccc(-c2ccc(N3CCc4cccc(C(=O)Nc5nc6ccccc6s5)c4C3)nc2C(=O)OC(C)(C)C)c1C. The van der Waals surface area contributed by atoms with Crippen LogP contribution in [0.3, 0.4) is 0 Å². The van der Waals surface area contributed by atoms with Crippen molar-refractivity contribution < 1.29 is 14.3 Å². The summed E-state index contributed by atoms with van der Waals surface area (Å²) in [5.41, 5.74) is 7.35. The van der Waals surface area contributed by atoms with Crippen molar-refractivity contribution in [2.45, 2.75) is 66.0 Å². The van der Waals surface area contributed by atoms with E-state index >= 15 is 0 Å². The van der Waals surface area contributed by atoms with Gasteiger partial charge in [0.15, 0.2) is 10.8 Å². The molecule has 3 heterocycles. The molecule has 7 nitrogen and oxygen atoms in total. The van der Waals surface area contributed by atoms with Gasteiger partial charge >= 0.3 is 5.97 Å². The number of ether oxygens (including phenoxy) is 1. The Bertz CT molecular complexity index is 1870. The smallest absolute Gasteiger partial charge is 0.358 e. The van der Waals surface area contributed by atoms with Crippen molar-refractivity contribution in [2.75, 3.05) is 16.8 Å². The third kappa shape index (κ3) is 6.47. The lowest BCUT2D eigenvalue weighted by Crippen LogP contribution is -2.33. The van der Waals surface area contributed by atoms with Crippen LogP contribution in [0, 0.1) is 6.92 Å². The minimum absolute atomic E-state index is 0.187. The number of aromatic nitrogens is 2. The molecule has 0 saturated carbocycles. The Balaban J connectivity index is 1.33. The van der Waals surface area contributed by atoms with Crippen LogP contribution in [-0.4, -0.2) is 34.0 Å². The molecule has 1 N–H and O–H groups in total. The van der Waals surface area contributed by atoms with Crippen molar-refractivity contribution in [1.29, 1.82) is 0 Å². The van der Waals surface area contributed by atoms with Crippen LogP contribution in [0.5, 0.6) is 0 Å². The van der Waals surface area contributed by atoms with Crippen molar-refractivity contribution in [2.24, 2.45) is 0 Å². The van der Waals surface area contributed by atoms with E-state index in [0.717, 1.165) is 57.3 Å². The lowest BCUT2D eigenvalue weighted by molar-refractivity contribution is 0.00638. The number of esters is 1. The van der Waals surface area contributed by atoms with Gasteiger partial charge in [0.2, 0.25) is 0 Å². The molecule has 0 fully saturated rings. The highest BCUT2D eigenvalue weighted by Gasteiger charge is 2.27. The number of aryl methyl sites for hydroxylation is 1. The molecule has 0 saturated heterocycles. The van der Waals surface area contributed by atoms with Gasteiger partial charge in [-0.3, -0.25) is 10.1 Å². The van der Waals surface area contributed by atoms with E-state index in [1.807, 2.05) is 81.4 Å². The molecule has 2 aromatic heterocycles. The lowest BCUT2D eigenvalue weighted by atomic mass is 9.93. The molecule has 1 aliphatic heterocycles. The molecule has 1 aliphatic rings. The maximum absolute atomic E-state index is 13.6. The number of para-hydroxylation sites is 1. The zero-order chi connectivity index (χ0) is 31.7. The van der Waals surface area contributed by atoms with E-state index in [-0.39, 0.29) is 5.91 Å². The lowest BCUT2D eigenvalue weighted by Gasteiger charge is -2.31. The summed E-state index contributed by atoms with van der Waals surface area (Å²) in [5, 5.41) is 3.59. The zero-order valence-electron chi connectivity index (χ0n) is 26.4. The fraction of sp³-hybridized carbons (Fsp3) is 0.297. The number of rotatable bonds is 7. The average molecular weight is 619 g/mol. The van der Waals surface area contributed by atoms with Gasteiger partial charge in [0.1, 0.15) is 11.4 Å². The number of nitrogens with one attached hydrogen (secondary N) is 1. The van der Waals surface area contributed by atoms with Crippen molar-refractivity contribution in [3.05, 3.63) is 106 Å². The van der Waals surface area contributed by atoms with E-state index in [2.05, 4.69) is 41.2 Å². The Morgan fingerprint density at radius 1 is 0.956 bits per heavy atom. The van der Waals surface area contributed by atoms with Gasteiger partial charge < -0.3 is 9.64 Å². The number of nitrogens with zero attached hydrogens (tertiary/aromatic N) is 3. The Morgan fingerprint density at radius 2 is 1.76 bits per heavy atom. The summed E-state index contributed by atoms with van der Waals surface area (Å²) >= 11 is 1.46. The number of carbonyl (C=O) groups excluding carboxylic acids is 2. The van der Waals surface area contributed by atoms with E-state index in [1.54, 1.807) is 0 Å². The Hall–Kier alpha value is -4.56. The molecule has 6 rings (SSSR count). The molecule has 45 heavy (non-hydrogen) atoms. The predicted octanol–water partition coefficient (Wildman–Crippen LogP) is 8.39. The first-order valence-electron chi connectivity index (χ1n) is 15.5. The minimum Gasteiger partial charge on any atom is -0.455 e. The topological polar surface area (TPSA) is 84.4 Å². The van der Waals surface area contributed by atoms with Crippen molar-refractivity contribution in [3.63, 3.8) is 0 Å². The van der Waals surface area contributed by atoms with Gasteiger partial charge in [0.05, 0.1) is 10.2 Å². The third-order valence-corrected chi connectivity index (χ3v) is 9.04. The van der Waals surface area contributed by atoms with E-state index in [4.69, 9.17) is 9.72 Å². The molecule has 1 amide bonds. The molecular weight excluding hydrogens is 580 g/mol. The molecule has 0 radical (unpaired) electrons. The first-order valence-corrected chi connectivity index (χ1v) is 16.3. The summed E-state index contributed by atoms with van der Waals surface area (Å²) in [7, 11) is 0. The Morgan fingerprint density at radius 3 is 2.53 bits per heavy atom. The molecule has 3 aromatic carbocycles. The van der Waals surface area contributed by atoms with Crippen LogP contribution >= 0.6 is 11.3 Å². The van der Waals surface area contributed by atoms with Crippen LogP contribution in [0.15, 0.2) is 72.8 Å². The Labute approximate surface area is 268 Å². The number of hydrogen-bond acceptors (Lipinski definition) is 7. The first-order chi connectivity index (χ1) is 21.6. The minimum atomic E-state index is -0.666. The third-order valence-electron chi connectivity index (χ3n) is 8.08. The molecule has 0 aliphatic carbocycles. The van der Waals surface area contributed by atoms with Crippen molar-refractivity contribution in [1.82, 2.24) is 9.97 Å². The number of fused-ring (bicyclic) bond motifs is 2. The summed E-state index contributed by atoms with van der Waals surface area (Å²) in [6.45, 7) is 11.1. The van der Waals surface area contributed by atoms with Crippen LogP contribution in [-0.2, 0) is 24.1 Å². The number of hydrogen-bond donors (Lipinski definition) is 1. The second-order valence-electron chi connectivity index (χ2n) is 12.5. The maximum Gasteiger partial charge on any atom is 0.358 e. The number of amides is 1. The molecule has 0 unspecified atom stereocenters. The van der Waals surface area contributed by atoms with Crippen LogP contribution in [0.4, 0.5) is 10.9 Å². The monoisotopic (exact) mass is 618 g/mol. The summed E-state index contributed by atoms with van der Waals surface area (Å²) < 4.78 is 6.88. The predicted molar refractivity (Wildman–Crippen MR) is 182 cm³/mol. The largest absolute Gasteiger partial charge is 0.455 e. The van der Waals surface area contributed by atoms with Crippen molar-refractivity contribution >= 4 is 44.4 Å². The van der Waals surface area contributed by atoms with Crippen LogP contribution in [0.25, 0.3) is 21.3 Å². The standard InChI is InChI=1S/C37H38N4O3S/c1-6-11-24-12-9-14-26(23(24)2)27-18-19-32(39-33(27)35(43)44-37(3,4)5)41-21-20-25-13-10-15-28(29(25)22-41)34(42)40-36-38-30-16-7-8-17-31(30)45-36/h7-10,12-19H,6,11,20-22H2,1-5H3,(H,38,40,42). The number of thiazole rings is 1. The molecule has 0 bridgehead atoms. The number of anilines is 2. The van der Waals surface area contributed by atoms with Gasteiger partial charge in [-0.1, -0.05) is 67.1 Å². The summed E-state index contributed by atoms with van der Waals surface area (Å²) in [6.07, 6.45) is 2.76. The zero-order valence-corrected chi connectivity index (χ0v) is 27.3. The number of benzene rings is 3. The van der Waals surface area contributed by atoms with Gasteiger partial charge in [0, 0.05) is 24.2 Å². The normalized spacial score (nSPS) is 13.0. The van der Waals surface area contributed by atoms with E-state index in [9.17, 15) is 9.59 Å². The summed E-state index contributed by atoms with van der Waals surface area (Å²) in [6, 6.07) is 23.9. The molecule has 0 spiro atoms. The van der Waals surface area contributed by atoms with Crippen LogP contribution in [0.1, 0.15) is 77.2 Å². The average Bonchev–Trinajstić information content (AvgIpc) is 3.43. The van der Waals surface area contributed by atoms with E-state index in [1.165, 1.54) is 16.9 Å². The molecular formula is C37H38N4O3S. The second-order valence-corrected chi connectivity index (χ2v) is 13.5. The highest BCUT2D eigenvalue weighted by Crippen LogP contribution is 2.34. The second kappa shape index (κ2) is 12.4. The molecule has 5 aromatic rings. The molecule has 230 valence electrons. The highest BCUT2D eigenvalue weighted by atomic mass is 32.1. The van der Waals surface area contributed by atoms with Crippen molar-refractivity contribution in [3.8, 4) is 11.1 Å². The molecule has 8 heteroatoms. The Kier molecular flexibility index (Phi) is 8.42. The fourth-order valence-corrected chi connectivity index (χ4v) is 6.78. The number of pyridine rings is 1. The quantitative estimate of drug-likeness (QED) is 0.185. The number of carbonyl (C=O) groups is 2. The van der Waals surface area contributed by atoms with Gasteiger partial charge in [-0.2, -0.15) is 0 Å². The first kappa shape index (κ1) is 30.5. The van der Waals surface area contributed by atoms with Crippen LogP contribution in [0.2, 0.25) is 0 Å². The van der Waals surface area contributed by atoms with Gasteiger partial charge in [-0.25, -0.2) is 14.8 Å². The van der Waals surface area contributed by atoms with Gasteiger partial charge in [-0.15, -0.1) is 0 Å². The van der Waals surface area contributed by atoms with Crippen LogP contribution < -0.4 is 10.2 Å². The maximum atomic E-state index is 13.6.